The molecule has 0 radical (unpaired) electrons. The monoisotopic (exact) mass is 433 g/mol. The molecule has 3 rings (SSSR count). The summed E-state index contributed by atoms with van der Waals surface area (Å²) >= 11 is 1.79. The van der Waals surface area contributed by atoms with Gasteiger partial charge in [-0.3, -0.25) is 9.69 Å². The van der Waals surface area contributed by atoms with Crippen molar-refractivity contribution in [2.45, 2.75) is 18.2 Å². The molecule has 0 spiro atoms. The third-order valence-electron chi connectivity index (χ3n) is 4.88. The van der Waals surface area contributed by atoms with E-state index in [2.05, 4.69) is 27.1 Å². The van der Waals surface area contributed by atoms with E-state index in [1.54, 1.807) is 54.7 Å². The van der Waals surface area contributed by atoms with Crippen LogP contribution in [0.2, 0.25) is 0 Å². The summed E-state index contributed by atoms with van der Waals surface area (Å²) in [5.41, 5.74) is 0.795. The maximum Gasteiger partial charge on any atom is 0.246 e. The number of piperazine rings is 1. The highest BCUT2D eigenvalue weighted by Crippen LogP contribution is 2.13. The van der Waals surface area contributed by atoms with E-state index < -0.39 is 10.0 Å². The molecule has 29 heavy (non-hydrogen) atoms. The number of nitrogens with zero attached hydrogens (tertiary/aromatic N) is 2. The number of thiophene rings is 1. The Kier molecular flexibility index (Phi) is 7.60. The molecular formula is C21H27N3O3S2. The van der Waals surface area contributed by atoms with Crippen molar-refractivity contribution in [2.24, 2.45) is 0 Å². The predicted molar refractivity (Wildman–Crippen MR) is 117 cm³/mol. The molecule has 1 fully saturated rings. The standard InChI is InChI=1S/C21H27N3O3S2/c1-2-22-29(26,27)20-8-5-18(6-9-20)7-10-21(25)24-15-13-23(14-16-24)12-11-19-4-3-17-28-19/h3-10,17,22H,2,11-16H2,1H3. The molecule has 6 nitrogen and oxygen atoms in total. The molecule has 8 heteroatoms. The number of carbonyl (C=O) groups is 1. The summed E-state index contributed by atoms with van der Waals surface area (Å²) in [4.78, 5) is 18.3. The van der Waals surface area contributed by atoms with Crippen molar-refractivity contribution in [1.29, 1.82) is 0 Å². The number of benzene rings is 1. The van der Waals surface area contributed by atoms with Gasteiger partial charge in [0.15, 0.2) is 0 Å². The molecule has 0 aliphatic carbocycles. The SMILES string of the molecule is CCNS(=O)(=O)c1ccc(C=CC(=O)N2CCN(CCc3cccs3)CC2)cc1. The molecule has 1 N–H and O–H groups in total. The van der Waals surface area contributed by atoms with E-state index in [9.17, 15) is 13.2 Å². The first-order valence-electron chi connectivity index (χ1n) is 9.79. The molecule has 0 bridgehead atoms. The topological polar surface area (TPSA) is 69.7 Å². The number of sulfonamides is 1. The van der Waals surface area contributed by atoms with Gasteiger partial charge in [0, 0.05) is 50.2 Å². The molecule has 0 atom stereocenters. The lowest BCUT2D eigenvalue weighted by Crippen LogP contribution is -2.48. The Labute approximate surface area is 176 Å². The van der Waals surface area contributed by atoms with E-state index in [1.807, 2.05) is 4.90 Å². The lowest BCUT2D eigenvalue weighted by Gasteiger charge is -2.34. The van der Waals surface area contributed by atoms with Gasteiger partial charge in [-0.2, -0.15) is 0 Å². The Hall–Kier alpha value is -2.00. The third kappa shape index (κ3) is 6.24. The van der Waals surface area contributed by atoms with Crippen LogP contribution in [0.5, 0.6) is 0 Å². The molecule has 1 amide bonds. The van der Waals surface area contributed by atoms with E-state index in [1.165, 1.54) is 4.88 Å². The van der Waals surface area contributed by atoms with Crippen molar-refractivity contribution >= 4 is 33.3 Å². The Morgan fingerprint density at radius 2 is 1.86 bits per heavy atom. The fraction of sp³-hybridized carbons (Fsp3) is 0.381. The maximum atomic E-state index is 12.5. The first kappa shape index (κ1) is 21.7. The summed E-state index contributed by atoms with van der Waals surface area (Å²) in [5, 5.41) is 2.10. The minimum absolute atomic E-state index is 0.00717. The minimum Gasteiger partial charge on any atom is -0.337 e. The predicted octanol–water partition coefficient (Wildman–Crippen LogP) is 2.45. The van der Waals surface area contributed by atoms with Crippen LogP contribution in [0.4, 0.5) is 0 Å². The van der Waals surface area contributed by atoms with Crippen molar-refractivity contribution in [1.82, 2.24) is 14.5 Å². The summed E-state index contributed by atoms with van der Waals surface area (Å²) < 4.78 is 26.4. The second-order valence-electron chi connectivity index (χ2n) is 6.90. The lowest BCUT2D eigenvalue weighted by molar-refractivity contribution is -0.127. The quantitative estimate of drug-likeness (QED) is 0.650. The molecule has 156 valence electrons. The number of amides is 1. The van der Waals surface area contributed by atoms with Crippen molar-refractivity contribution < 1.29 is 13.2 Å². The molecule has 1 aromatic carbocycles. The van der Waals surface area contributed by atoms with E-state index in [-0.39, 0.29) is 10.8 Å². The molecule has 1 aliphatic rings. The van der Waals surface area contributed by atoms with Crippen LogP contribution in [0.25, 0.3) is 6.08 Å². The average molecular weight is 434 g/mol. The molecule has 2 heterocycles. The van der Waals surface area contributed by atoms with Crippen molar-refractivity contribution in [3.8, 4) is 0 Å². The minimum atomic E-state index is -3.45. The van der Waals surface area contributed by atoms with Gasteiger partial charge in [0.25, 0.3) is 0 Å². The van der Waals surface area contributed by atoms with Gasteiger partial charge in [-0.25, -0.2) is 13.1 Å². The fourth-order valence-corrected chi connectivity index (χ4v) is 4.96. The van der Waals surface area contributed by atoms with Crippen LogP contribution in [0.3, 0.4) is 0 Å². The van der Waals surface area contributed by atoms with Crippen LogP contribution < -0.4 is 4.72 Å². The van der Waals surface area contributed by atoms with E-state index in [0.29, 0.717) is 6.54 Å². The zero-order valence-electron chi connectivity index (χ0n) is 16.6. The normalized spacial score (nSPS) is 15.8. The second-order valence-corrected chi connectivity index (χ2v) is 9.70. The Morgan fingerprint density at radius 1 is 1.14 bits per heavy atom. The van der Waals surface area contributed by atoms with Gasteiger partial charge in [-0.1, -0.05) is 25.1 Å². The van der Waals surface area contributed by atoms with Gasteiger partial charge in [0.1, 0.15) is 0 Å². The zero-order chi connectivity index (χ0) is 20.7. The van der Waals surface area contributed by atoms with Gasteiger partial charge in [0.2, 0.25) is 15.9 Å². The number of rotatable bonds is 8. The Bertz CT molecular complexity index is 915. The number of hydrogen-bond donors (Lipinski definition) is 1. The summed E-state index contributed by atoms with van der Waals surface area (Å²) in [6, 6.07) is 10.8. The lowest BCUT2D eigenvalue weighted by atomic mass is 10.2. The van der Waals surface area contributed by atoms with Crippen LogP contribution in [0.1, 0.15) is 17.4 Å². The summed E-state index contributed by atoms with van der Waals surface area (Å²) in [5.74, 6) is -0.00717. The average Bonchev–Trinajstić information content (AvgIpc) is 3.25. The van der Waals surface area contributed by atoms with E-state index >= 15 is 0 Å². The van der Waals surface area contributed by atoms with Crippen LogP contribution in [0.15, 0.2) is 52.7 Å². The number of carbonyl (C=O) groups excluding carboxylic acids is 1. The van der Waals surface area contributed by atoms with Crippen LogP contribution in [-0.4, -0.2) is 63.4 Å². The Morgan fingerprint density at radius 3 is 2.48 bits per heavy atom. The van der Waals surface area contributed by atoms with Crippen molar-refractivity contribution in [3.05, 3.63) is 58.3 Å². The van der Waals surface area contributed by atoms with E-state index in [0.717, 1.165) is 44.7 Å². The van der Waals surface area contributed by atoms with Crippen molar-refractivity contribution in [3.63, 3.8) is 0 Å². The third-order valence-corrected chi connectivity index (χ3v) is 7.38. The fourth-order valence-electron chi connectivity index (χ4n) is 3.22. The zero-order valence-corrected chi connectivity index (χ0v) is 18.2. The summed E-state index contributed by atoms with van der Waals surface area (Å²) in [6.07, 6.45) is 4.36. The molecule has 2 aromatic rings. The molecule has 1 saturated heterocycles. The second kappa shape index (κ2) is 10.2. The molecule has 1 aromatic heterocycles. The molecular weight excluding hydrogens is 406 g/mol. The van der Waals surface area contributed by atoms with Gasteiger partial charge in [-0.15, -0.1) is 11.3 Å². The smallest absolute Gasteiger partial charge is 0.246 e. The van der Waals surface area contributed by atoms with Crippen LogP contribution in [0, 0.1) is 0 Å². The molecule has 0 unspecified atom stereocenters. The largest absolute Gasteiger partial charge is 0.337 e. The highest BCUT2D eigenvalue weighted by molar-refractivity contribution is 7.89. The molecule has 1 aliphatic heterocycles. The highest BCUT2D eigenvalue weighted by atomic mass is 32.2. The van der Waals surface area contributed by atoms with Gasteiger partial charge < -0.3 is 4.90 Å². The van der Waals surface area contributed by atoms with Gasteiger partial charge >= 0.3 is 0 Å². The van der Waals surface area contributed by atoms with Gasteiger partial charge in [-0.05, 0) is 41.6 Å². The van der Waals surface area contributed by atoms with Crippen molar-refractivity contribution in [2.75, 3.05) is 39.3 Å². The summed E-state index contributed by atoms with van der Waals surface area (Å²) in [6.45, 7) is 6.36. The van der Waals surface area contributed by atoms with Crippen LogP contribution >= 0.6 is 11.3 Å². The first-order valence-corrected chi connectivity index (χ1v) is 12.2. The van der Waals surface area contributed by atoms with Crippen LogP contribution in [-0.2, 0) is 21.2 Å². The highest BCUT2D eigenvalue weighted by Gasteiger charge is 2.19. The van der Waals surface area contributed by atoms with Gasteiger partial charge in [0.05, 0.1) is 4.90 Å². The Balaban J connectivity index is 1.47. The molecule has 0 saturated carbocycles. The first-order chi connectivity index (χ1) is 14.0. The van der Waals surface area contributed by atoms with E-state index in [4.69, 9.17) is 0 Å². The maximum absolute atomic E-state index is 12.5. The number of nitrogens with one attached hydrogen (secondary N) is 1. The number of hydrogen-bond acceptors (Lipinski definition) is 5. The summed E-state index contributed by atoms with van der Waals surface area (Å²) in [7, 11) is -3.45.